The number of halogens is 2. The first kappa shape index (κ1) is 26.0. The number of para-hydroxylation sites is 1. The van der Waals surface area contributed by atoms with Crippen LogP contribution in [0.1, 0.15) is 37.7 Å². The van der Waals surface area contributed by atoms with Gasteiger partial charge in [0, 0.05) is 32.4 Å². The fourth-order valence-corrected chi connectivity index (χ4v) is 4.83. The number of fused-ring (bicyclic) bond motifs is 2. The summed E-state index contributed by atoms with van der Waals surface area (Å²) in [7, 11) is 1.69. The number of carbonyl (C=O) groups is 1. The van der Waals surface area contributed by atoms with Crippen LogP contribution in [0, 0.1) is 5.41 Å². The number of benzene rings is 1. The highest BCUT2D eigenvalue weighted by molar-refractivity contribution is 5.91. The van der Waals surface area contributed by atoms with E-state index < -0.39 is 0 Å². The van der Waals surface area contributed by atoms with Crippen LogP contribution in [0.3, 0.4) is 0 Å². The van der Waals surface area contributed by atoms with Crippen LogP contribution in [0.4, 0.5) is 17.3 Å². The van der Waals surface area contributed by atoms with E-state index in [-0.39, 0.29) is 42.1 Å². The van der Waals surface area contributed by atoms with Gasteiger partial charge in [0.05, 0.1) is 12.1 Å². The Morgan fingerprint density at radius 3 is 2.68 bits per heavy atom. The number of carbonyl (C=O) groups excluding carboxylic acids is 1. The summed E-state index contributed by atoms with van der Waals surface area (Å²) in [6, 6.07) is 8.02. The zero-order chi connectivity index (χ0) is 22.3. The first-order valence-corrected chi connectivity index (χ1v) is 11.3. The second kappa shape index (κ2) is 10.3. The van der Waals surface area contributed by atoms with Gasteiger partial charge in [-0.05, 0) is 42.9 Å². The molecule has 0 aliphatic carbocycles. The number of amides is 1. The number of nitrogens with two attached hydrogens (primary N) is 1. The lowest BCUT2D eigenvalue weighted by Gasteiger charge is -2.39. The third-order valence-corrected chi connectivity index (χ3v) is 7.09. The molecule has 2 aliphatic rings. The smallest absolute Gasteiger partial charge is 0.227 e. The fraction of sp³-hybridized carbons (Fsp3) is 0.478. The largest absolute Gasteiger partial charge is 0.359 e. The minimum absolute atomic E-state index is 0. The van der Waals surface area contributed by atoms with Crippen LogP contribution < -0.4 is 20.9 Å². The molecule has 1 atom stereocenters. The SMILES string of the molecule is CNC(=O)C1CCN(c2n[nH]c3nc(N4CCC(C)(CN)CC4)cnc23)c2ccccc21.Cl.Cl. The molecule has 5 rings (SSSR count). The van der Waals surface area contributed by atoms with Gasteiger partial charge in [0.25, 0.3) is 0 Å². The lowest BCUT2D eigenvalue weighted by Crippen LogP contribution is -2.42. The average Bonchev–Trinajstić information content (AvgIpc) is 3.26. The molecule has 4 N–H and O–H groups in total. The topological polar surface area (TPSA) is 116 Å². The predicted octanol–water partition coefficient (Wildman–Crippen LogP) is 3.13. The molecule has 1 amide bonds. The highest BCUT2D eigenvalue weighted by atomic mass is 35.5. The Bertz CT molecular complexity index is 1140. The van der Waals surface area contributed by atoms with Crippen LogP contribution >= 0.6 is 24.8 Å². The van der Waals surface area contributed by atoms with Crippen LogP contribution in [-0.4, -0.2) is 59.3 Å². The number of nitrogens with one attached hydrogen (secondary N) is 2. The summed E-state index contributed by atoms with van der Waals surface area (Å²) in [5.41, 5.74) is 9.58. The summed E-state index contributed by atoms with van der Waals surface area (Å²) in [6.07, 6.45) is 4.66. The monoisotopic (exact) mass is 506 g/mol. The molecule has 0 bridgehead atoms. The van der Waals surface area contributed by atoms with Gasteiger partial charge in [-0.25, -0.2) is 9.97 Å². The molecule has 0 saturated carbocycles. The molecule has 1 unspecified atom stereocenters. The minimum atomic E-state index is -0.159. The Morgan fingerprint density at radius 2 is 1.97 bits per heavy atom. The third kappa shape index (κ3) is 4.52. The Hall–Kier alpha value is -2.62. The molecule has 0 radical (unpaired) electrons. The minimum Gasteiger partial charge on any atom is -0.359 e. The number of rotatable bonds is 4. The Balaban J connectivity index is 0.00000162. The van der Waals surface area contributed by atoms with E-state index in [1.807, 2.05) is 30.5 Å². The van der Waals surface area contributed by atoms with Crippen molar-refractivity contribution >= 4 is 59.2 Å². The van der Waals surface area contributed by atoms with Crippen LogP contribution in [0.15, 0.2) is 30.5 Å². The maximum atomic E-state index is 12.4. The molecule has 34 heavy (non-hydrogen) atoms. The second-order valence-corrected chi connectivity index (χ2v) is 9.14. The first-order chi connectivity index (χ1) is 15.5. The number of nitrogens with zero attached hydrogens (tertiary/aromatic N) is 5. The number of H-pyrrole nitrogens is 1. The molecule has 4 heterocycles. The maximum absolute atomic E-state index is 12.4. The molecule has 184 valence electrons. The van der Waals surface area contributed by atoms with Crippen molar-refractivity contribution in [1.29, 1.82) is 0 Å². The maximum Gasteiger partial charge on any atom is 0.227 e. The van der Waals surface area contributed by atoms with Crippen molar-refractivity contribution in [3.8, 4) is 0 Å². The molecule has 3 aromatic rings. The number of hydrogen-bond donors (Lipinski definition) is 3. The third-order valence-electron chi connectivity index (χ3n) is 7.09. The lowest BCUT2D eigenvalue weighted by atomic mass is 9.80. The summed E-state index contributed by atoms with van der Waals surface area (Å²) < 4.78 is 0. The van der Waals surface area contributed by atoms with Crippen molar-refractivity contribution in [3.05, 3.63) is 36.0 Å². The second-order valence-electron chi connectivity index (χ2n) is 9.14. The van der Waals surface area contributed by atoms with E-state index in [1.54, 1.807) is 7.05 Å². The van der Waals surface area contributed by atoms with Crippen LogP contribution in [0.2, 0.25) is 0 Å². The Kier molecular flexibility index (Phi) is 7.90. The van der Waals surface area contributed by atoms with Crippen molar-refractivity contribution in [1.82, 2.24) is 25.5 Å². The quantitative estimate of drug-likeness (QED) is 0.497. The van der Waals surface area contributed by atoms with Crippen molar-refractivity contribution in [2.24, 2.45) is 11.1 Å². The fourth-order valence-electron chi connectivity index (χ4n) is 4.83. The number of anilines is 3. The summed E-state index contributed by atoms with van der Waals surface area (Å²) in [5.74, 6) is 1.50. The zero-order valence-electron chi connectivity index (χ0n) is 19.5. The molecular formula is C23H32Cl2N8O. The van der Waals surface area contributed by atoms with E-state index in [2.05, 4.69) is 32.2 Å². The number of aromatic amines is 1. The van der Waals surface area contributed by atoms with E-state index >= 15 is 0 Å². The molecule has 1 saturated heterocycles. The summed E-state index contributed by atoms with van der Waals surface area (Å²) in [6.45, 7) is 5.51. The van der Waals surface area contributed by atoms with Gasteiger partial charge in [-0.1, -0.05) is 25.1 Å². The molecule has 2 aliphatic heterocycles. The molecule has 0 spiro atoms. The summed E-state index contributed by atoms with van der Waals surface area (Å²) >= 11 is 0. The number of piperidine rings is 1. The summed E-state index contributed by atoms with van der Waals surface area (Å²) in [5, 5.41) is 10.4. The highest BCUT2D eigenvalue weighted by Crippen LogP contribution is 2.40. The number of likely N-dealkylation sites (N-methyl/N-ethyl adjacent to an activating group) is 1. The molecule has 9 nitrogen and oxygen atoms in total. The molecule has 1 aromatic carbocycles. The standard InChI is InChI=1S/C23H30N8O.2ClH/c1-23(14-24)8-11-30(12-9-23)18-13-26-19-20(27-18)28-29-21(19)31-10-7-16(22(32)25-2)15-5-3-4-6-17(15)31;;/h3-6,13,16H,7-12,14,24H2,1-2H3,(H,25,32)(H,27,28,29);2*1H. The van der Waals surface area contributed by atoms with Crippen LogP contribution in [0.5, 0.6) is 0 Å². The van der Waals surface area contributed by atoms with Crippen LogP contribution in [-0.2, 0) is 4.79 Å². The van der Waals surface area contributed by atoms with Gasteiger partial charge in [0.15, 0.2) is 17.0 Å². The molecule has 11 heteroatoms. The molecule has 1 fully saturated rings. The van der Waals surface area contributed by atoms with Gasteiger partial charge in [0.1, 0.15) is 5.82 Å². The lowest BCUT2D eigenvalue weighted by molar-refractivity contribution is -0.122. The van der Waals surface area contributed by atoms with Crippen molar-refractivity contribution in [2.45, 2.75) is 32.1 Å². The number of hydrogen-bond acceptors (Lipinski definition) is 7. The van der Waals surface area contributed by atoms with Gasteiger partial charge in [0.2, 0.25) is 5.91 Å². The van der Waals surface area contributed by atoms with Crippen molar-refractivity contribution in [3.63, 3.8) is 0 Å². The van der Waals surface area contributed by atoms with Crippen molar-refractivity contribution in [2.75, 3.05) is 43.0 Å². The van der Waals surface area contributed by atoms with Crippen LogP contribution in [0.25, 0.3) is 11.2 Å². The zero-order valence-corrected chi connectivity index (χ0v) is 21.1. The van der Waals surface area contributed by atoms with E-state index in [0.717, 1.165) is 54.3 Å². The Labute approximate surface area is 211 Å². The van der Waals surface area contributed by atoms with E-state index in [1.165, 1.54) is 0 Å². The average molecular weight is 507 g/mol. The van der Waals surface area contributed by atoms with Gasteiger partial charge in [-0.2, -0.15) is 5.10 Å². The summed E-state index contributed by atoms with van der Waals surface area (Å²) in [4.78, 5) is 26.4. The Morgan fingerprint density at radius 1 is 1.24 bits per heavy atom. The normalized spacial score (nSPS) is 19.1. The van der Waals surface area contributed by atoms with E-state index in [9.17, 15) is 4.79 Å². The predicted molar refractivity (Wildman–Crippen MR) is 140 cm³/mol. The van der Waals surface area contributed by atoms with E-state index in [4.69, 9.17) is 15.7 Å². The highest BCUT2D eigenvalue weighted by Gasteiger charge is 2.33. The molecule has 2 aromatic heterocycles. The van der Waals surface area contributed by atoms with Crippen molar-refractivity contribution < 1.29 is 4.79 Å². The van der Waals surface area contributed by atoms with Gasteiger partial charge < -0.3 is 20.9 Å². The van der Waals surface area contributed by atoms with E-state index in [0.29, 0.717) is 25.2 Å². The number of aromatic nitrogens is 4. The first-order valence-electron chi connectivity index (χ1n) is 11.3. The molecular weight excluding hydrogens is 475 g/mol. The van der Waals surface area contributed by atoms with Gasteiger partial charge in [-0.15, -0.1) is 24.8 Å². The van der Waals surface area contributed by atoms with Gasteiger partial charge in [-0.3, -0.25) is 9.89 Å². The van der Waals surface area contributed by atoms with Gasteiger partial charge >= 0.3 is 0 Å².